The Hall–Kier alpha value is -1.97. The summed E-state index contributed by atoms with van der Waals surface area (Å²) in [6.07, 6.45) is 4.62. The van der Waals surface area contributed by atoms with Crippen LogP contribution in [0.15, 0.2) is 30.6 Å². The number of aryl methyl sites for hydroxylation is 1. The Morgan fingerprint density at radius 1 is 1.29 bits per heavy atom. The second kappa shape index (κ2) is 5.39. The molecule has 0 aromatic carbocycles. The van der Waals surface area contributed by atoms with Gasteiger partial charge in [-0.3, -0.25) is 4.98 Å². The van der Waals surface area contributed by atoms with Crippen molar-refractivity contribution in [1.29, 1.82) is 0 Å². The SMILES string of the molecule is CCCNc1nc(C)cc(-c2cccnc2)n1. The molecule has 0 aliphatic rings. The fourth-order valence-corrected chi connectivity index (χ4v) is 1.55. The van der Waals surface area contributed by atoms with Crippen LogP contribution in [0.4, 0.5) is 5.95 Å². The zero-order valence-corrected chi connectivity index (χ0v) is 10.1. The minimum Gasteiger partial charge on any atom is -0.354 e. The number of rotatable bonds is 4. The van der Waals surface area contributed by atoms with Crippen LogP contribution in [-0.4, -0.2) is 21.5 Å². The van der Waals surface area contributed by atoms with E-state index < -0.39 is 0 Å². The molecule has 0 amide bonds. The van der Waals surface area contributed by atoms with Gasteiger partial charge >= 0.3 is 0 Å². The molecule has 2 aromatic heterocycles. The highest BCUT2D eigenvalue weighted by Crippen LogP contribution is 2.17. The van der Waals surface area contributed by atoms with Crippen LogP contribution in [0, 0.1) is 6.92 Å². The van der Waals surface area contributed by atoms with Gasteiger partial charge in [-0.1, -0.05) is 6.92 Å². The molecule has 2 rings (SSSR count). The lowest BCUT2D eigenvalue weighted by Gasteiger charge is -2.07. The van der Waals surface area contributed by atoms with Crippen molar-refractivity contribution < 1.29 is 0 Å². The standard InChI is InChI=1S/C13H16N4/c1-3-6-15-13-16-10(2)8-12(17-13)11-5-4-7-14-9-11/h4-5,7-9H,3,6H2,1-2H3,(H,15,16,17). The fourth-order valence-electron chi connectivity index (χ4n) is 1.55. The molecule has 0 aliphatic heterocycles. The first kappa shape index (κ1) is 11.5. The van der Waals surface area contributed by atoms with Gasteiger partial charge in [0.25, 0.3) is 0 Å². The number of anilines is 1. The number of hydrogen-bond donors (Lipinski definition) is 1. The van der Waals surface area contributed by atoms with Crippen molar-refractivity contribution in [2.24, 2.45) is 0 Å². The van der Waals surface area contributed by atoms with Crippen LogP contribution in [0.25, 0.3) is 11.3 Å². The van der Waals surface area contributed by atoms with Crippen LogP contribution in [0.5, 0.6) is 0 Å². The third-order valence-electron chi connectivity index (χ3n) is 2.34. The van der Waals surface area contributed by atoms with Crippen LogP contribution in [-0.2, 0) is 0 Å². The van der Waals surface area contributed by atoms with Gasteiger partial charge in [0.05, 0.1) is 5.69 Å². The van der Waals surface area contributed by atoms with Gasteiger partial charge in [-0.05, 0) is 31.5 Å². The van der Waals surface area contributed by atoms with E-state index in [9.17, 15) is 0 Å². The lowest BCUT2D eigenvalue weighted by Crippen LogP contribution is -2.05. The number of aromatic nitrogens is 3. The van der Waals surface area contributed by atoms with Gasteiger partial charge in [-0.25, -0.2) is 9.97 Å². The maximum Gasteiger partial charge on any atom is 0.223 e. The predicted molar refractivity (Wildman–Crippen MR) is 68.8 cm³/mol. The van der Waals surface area contributed by atoms with E-state index in [-0.39, 0.29) is 0 Å². The van der Waals surface area contributed by atoms with Gasteiger partial charge in [-0.15, -0.1) is 0 Å². The Bertz CT molecular complexity index is 482. The van der Waals surface area contributed by atoms with Crippen LogP contribution < -0.4 is 5.32 Å². The van der Waals surface area contributed by atoms with E-state index in [0.717, 1.165) is 29.9 Å². The summed E-state index contributed by atoms with van der Waals surface area (Å²) < 4.78 is 0. The van der Waals surface area contributed by atoms with Crippen molar-refractivity contribution in [3.05, 3.63) is 36.3 Å². The van der Waals surface area contributed by atoms with Gasteiger partial charge < -0.3 is 5.32 Å². The highest BCUT2D eigenvalue weighted by molar-refractivity contribution is 5.59. The van der Waals surface area contributed by atoms with E-state index in [1.165, 1.54) is 0 Å². The second-order valence-electron chi connectivity index (χ2n) is 3.89. The van der Waals surface area contributed by atoms with E-state index in [0.29, 0.717) is 5.95 Å². The first-order chi connectivity index (χ1) is 8.29. The van der Waals surface area contributed by atoms with Crippen molar-refractivity contribution in [2.45, 2.75) is 20.3 Å². The topological polar surface area (TPSA) is 50.7 Å². The molecule has 0 atom stereocenters. The number of nitrogens with one attached hydrogen (secondary N) is 1. The molecule has 0 saturated carbocycles. The maximum atomic E-state index is 4.48. The highest BCUT2D eigenvalue weighted by Gasteiger charge is 2.03. The molecule has 4 nitrogen and oxygen atoms in total. The lowest BCUT2D eigenvalue weighted by molar-refractivity contribution is 0.947. The number of hydrogen-bond acceptors (Lipinski definition) is 4. The first-order valence-corrected chi connectivity index (χ1v) is 5.79. The summed E-state index contributed by atoms with van der Waals surface area (Å²) in [5.74, 6) is 0.686. The third-order valence-corrected chi connectivity index (χ3v) is 2.34. The molecule has 88 valence electrons. The molecule has 0 bridgehead atoms. The van der Waals surface area contributed by atoms with Crippen LogP contribution >= 0.6 is 0 Å². The van der Waals surface area contributed by atoms with E-state index >= 15 is 0 Å². The van der Waals surface area contributed by atoms with Gasteiger partial charge in [0, 0.05) is 30.2 Å². The Kier molecular flexibility index (Phi) is 3.65. The van der Waals surface area contributed by atoms with Gasteiger partial charge in [0.2, 0.25) is 5.95 Å². The van der Waals surface area contributed by atoms with Gasteiger partial charge in [0.15, 0.2) is 0 Å². The van der Waals surface area contributed by atoms with Crippen molar-refractivity contribution in [2.75, 3.05) is 11.9 Å². The van der Waals surface area contributed by atoms with Crippen molar-refractivity contribution in [3.8, 4) is 11.3 Å². The zero-order chi connectivity index (χ0) is 12.1. The van der Waals surface area contributed by atoms with Gasteiger partial charge in [-0.2, -0.15) is 0 Å². The lowest BCUT2D eigenvalue weighted by atomic mass is 10.2. The molecular weight excluding hydrogens is 212 g/mol. The largest absolute Gasteiger partial charge is 0.354 e. The summed E-state index contributed by atoms with van der Waals surface area (Å²) in [4.78, 5) is 12.9. The predicted octanol–water partition coefficient (Wildman–Crippen LogP) is 2.67. The molecule has 0 unspecified atom stereocenters. The van der Waals surface area contributed by atoms with Crippen LogP contribution in [0.2, 0.25) is 0 Å². The summed E-state index contributed by atoms with van der Waals surface area (Å²) in [5, 5.41) is 3.20. The van der Waals surface area contributed by atoms with E-state index in [2.05, 4.69) is 27.2 Å². The third kappa shape index (κ3) is 3.00. The molecule has 17 heavy (non-hydrogen) atoms. The quantitative estimate of drug-likeness (QED) is 0.874. The molecular formula is C13H16N4. The summed E-state index contributed by atoms with van der Waals surface area (Å²) >= 11 is 0. The average Bonchev–Trinajstić information content (AvgIpc) is 2.37. The normalized spacial score (nSPS) is 10.2. The Morgan fingerprint density at radius 2 is 2.18 bits per heavy atom. The average molecular weight is 228 g/mol. The summed E-state index contributed by atoms with van der Waals surface area (Å²) in [6.45, 7) is 4.97. The molecule has 0 aliphatic carbocycles. The monoisotopic (exact) mass is 228 g/mol. The minimum atomic E-state index is 0.686. The van der Waals surface area contributed by atoms with Crippen molar-refractivity contribution in [3.63, 3.8) is 0 Å². The molecule has 0 spiro atoms. The number of pyridine rings is 1. The molecule has 0 saturated heterocycles. The number of nitrogens with zero attached hydrogens (tertiary/aromatic N) is 3. The van der Waals surface area contributed by atoms with Crippen molar-refractivity contribution >= 4 is 5.95 Å². The first-order valence-electron chi connectivity index (χ1n) is 5.79. The molecule has 0 radical (unpaired) electrons. The second-order valence-corrected chi connectivity index (χ2v) is 3.89. The summed E-state index contributed by atoms with van der Waals surface area (Å²) in [5.41, 5.74) is 2.87. The van der Waals surface area contributed by atoms with E-state index in [4.69, 9.17) is 0 Å². The zero-order valence-electron chi connectivity index (χ0n) is 10.1. The van der Waals surface area contributed by atoms with Gasteiger partial charge in [0.1, 0.15) is 0 Å². The minimum absolute atomic E-state index is 0.686. The molecule has 2 aromatic rings. The van der Waals surface area contributed by atoms with Crippen LogP contribution in [0.3, 0.4) is 0 Å². The smallest absolute Gasteiger partial charge is 0.223 e. The van der Waals surface area contributed by atoms with E-state index in [1.807, 2.05) is 31.3 Å². The summed E-state index contributed by atoms with van der Waals surface area (Å²) in [6, 6.07) is 5.87. The van der Waals surface area contributed by atoms with Crippen molar-refractivity contribution in [1.82, 2.24) is 15.0 Å². The molecule has 1 N–H and O–H groups in total. The van der Waals surface area contributed by atoms with E-state index in [1.54, 1.807) is 6.20 Å². The molecule has 2 heterocycles. The Balaban J connectivity index is 2.32. The summed E-state index contributed by atoms with van der Waals surface area (Å²) in [7, 11) is 0. The molecule has 0 fully saturated rings. The Morgan fingerprint density at radius 3 is 2.88 bits per heavy atom. The molecule has 4 heteroatoms. The highest BCUT2D eigenvalue weighted by atomic mass is 15.1. The fraction of sp³-hybridized carbons (Fsp3) is 0.308. The van der Waals surface area contributed by atoms with Crippen LogP contribution in [0.1, 0.15) is 19.0 Å². The Labute approximate surface area is 101 Å². The maximum absolute atomic E-state index is 4.48.